The van der Waals surface area contributed by atoms with Gasteiger partial charge in [-0.2, -0.15) is 0 Å². The number of halogens is 1. The monoisotopic (exact) mass is 322 g/mol. The molecular formula is C16H23BrN2. The highest BCUT2D eigenvalue weighted by Gasteiger charge is 2.31. The minimum atomic E-state index is 0.568. The molecule has 0 amide bonds. The molecule has 3 rings (SSSR count). The minimum Gasteiger partial charge on any atom is -0.310 e. The molecule has 1 aromatic carbocycles. The largest absolute Gasteiger partial charge is 0.310 e. The summed E-state index contributed by atoms with van der Waals surface area (Å²) in [6, 6.07) is 10.9. The summed E-state index contributed by atoms with van der Waals surface area (Å²) in [5.41, 5.74) is 1.45. The van der Waals surface area contributed by atoms with Crippen molar-refractivity contribution >= 4 is 15.9 Å². The maximum atomic E-state index is 3.77. The molecule has 0 radical (unpaired) electrons. The van der Waals surface area contributed by atoms with E-state index in [4.69, 9.17) is 0 Å². The molecule has 1 N–H and O–H groups in total. The molecule has 3 unspecified atom stereocenters. The Balaban J connectivity index is 1.78. The van der Waals surface area contributed by atoms with Gasteiger partial charge in [0.2, 0.25) is 0 Å². The van der Waals surface area contributed by atoms with E-state index >= 15 is 0 Å². The lowest BCUT2D eigenvalue weighted by atomic mass is 10.00. The average molecular weight is 323 g/mol. The van der Waals surface area contributed by atoms with Crippen molar-refractivity contribution in [2.45, 2.75) is 50.7 Å². The number of benzene rings is 1. The third-order valence-corrected chi connectivity index (χ3v) is 5.11. The molecule has 104 valence electrons. The van der Waals surface area contributed by atoms with Gasteiger partial charge >= 0.3 is 0 Å². The van der Waals surface area contributed by atoms with Gasteiger partial charge in [-0.25, -0.2) is 0 Å². The summed E-state index contributed by atoms with van der Waals surface area (Å²) in [5, 5.41) is 3.77. The zero-order valence-electron chi connectivity index (χ0n) is 11.6. The Kier molecular flexibility index (Phi) is 4.25. The van der Waals surface area contributed by atoms with Crippen LogP contribution < -0.4 is 5.32 Å². The van der Waals surface area contributed by atoms with Gasteiger partial charge in [0.25, 0.3) is 0 Å². The Bertz CT molecular complexity index is 435. The van der Waals surface area contributed by atoms with Gasteiger partial charge in [-0.15, -0.1) is 0 Å². The first-order valence-electron chi connectivity index (χ1n) is 7.52. The average Bonchev–Trinajstić information content (AvgIpc) is 2.73. The van der Waals surface area contributed by atoms with E-state index in [0.29, 0.717) is 12.1 Å². The fraction of sp³-hybridized carbons (Fsp3) is 0.625. The van der Waals surface area contributed by atoms with Crippen LogP contribution in [0, 0.1) is 0 Å². The van der Waals surface area contributed by atoms with Gasteiger partial charge in [0.1, 0.15) is 0 Å². The molecule has 0 spiro atoms. The highest BCUT2D eigenvalue weighted by atomic mass is 79.9. The fourth-order valence-electron chi connectivity index (χ4n) is 3.67. The van der Waals surface area contributed by atoms with Crippen LogP contribution in [-0.2, 0) is 0 Å². The molecule has 0 saturated carbocycles. The zero-order chi connectivity index (χ0) is 13.2. The summed E-state index contributed by atoms with van der Waals surface area (Å²) >= 11 is 3.60. The lowest BCUT2D eigenvalue weighted by Crippen LogP contribution is -2.37. The van der Waals surface area contributed by atoms with Crippen molar-refractivity contribution in [3.63, 3.8) is 0 Å². The van der Waals surface area contributed by atoms with Gasteiger partial charge in [0.15, 0.2) is 0 Å². The Morgan fingerprint density at radius 2 is 2.16 bits per heavy atom. The van der Waals surface area contributed by atoms with Gasteiger partial charge in [0, 0.05) is 35.7 Å². The van der Waals surface area contributed by atoms with Gasteiger partial charge < -0.3 is 5.32 Å². The Morgan fingerprint density at radius 1 is 1.32 bits per heavy atom. The van der Waals surface area contributed by atoms with E-state index in [9.17, 15) is 0 Å². The summed E-state index contributed by atoms with van der Waals surface area (Å²) in [6.45, 7) is 4.75. The van der Waals surface area contributed by atoms with Gasteiger partial charge in [-0.3, -0.25) is 4.90 Å². The molecule has 2 heterocycles. The maximum absolute atomic E-state index is 3.77. The lowest BCUT2D eigenvalue weighted by Gasteiger charge is -2.32. The summed E-state index contributed by atoms with van der Waals surface area (Å²) in [4.78, 5) is 2.69. The van der Waals surface area contributed by atoms with Crippen molar-refractivity contribution in [3.8, 4) is 0 Å². The molecule has 2 aliphatic heterocycles. The van der Waals surface area contributed by atoms with Crippen molar-refractivity contribution in [1.29, 1.82) is 0 Å². The van der Waals surface area contributed by atoms with Crippen LogP contribution in [0.5, 0.6) is 0 Å². The molecule has 19 heavy (non-hydrogen) atoms. The first-order chi connectivity index (χ1) is 9.26. The van der Waals surface area contributed by atoms with Crippen molar-refractivity contribution < 1.29 is 0 Å². The fourth-order valence-corrected chi connectivity index (χ4v) is 4.09. The molecule has 0 aliphatic carbocycles. The first kappa shape index (κ1) is 13.6. The molecule has 1 aromatic rings. The molecule has 0 aromatic heterocycles. The second-order valence-electron chi connectivity index (χ2n) is 5.90. The van der Waals surface area contributed by atoms with Crippen molar-refractivity contribution in [2.24, 2.45) is 0 Å². The normalized spacial score (nSPS) is 29.2. The smallest absolute Gasteiger partial charge is 0.0346 e. The highest BCUT2D eigenvalue weighted by molar-refractivity contribution is 9.10. The third kappa shape index (κ3) is 3.04. The number of hydrogen-bond donors (Lipinski definition) is 1. The second-order valence-corrected chi connectivity index (χ2v) is 6.82. The minimum absolute atomic E-state index is 0.568. The second kappa shape index (κ2) is 5.94. The van der Waals surface area contributed by atoms with E-state index in [2.05, 4.69) is 57.3 Å². The molecule has 2 fully saturated rings. The van der Waals surface area contributed by atoms with Gasteiger partial charge in [-0.05, 0) is 43.4 Å². The molecule has 2 bridgehead atoms. The van der Waals surface area contributed by atoms with Crippen LogP contribution in [0.3, 0.4) is 0 Å². The van der Waals surface area contributed by atoms with Crippen LogP contribution in [0.1, 0.15) is 44.2 Å². The standard InChI is InChI=1S/C16H23BrN2/c1-2-16(12-4-3-5-13(17)10-12)19-9-8-14-6-7-15(11-19)18-14/h3-5,10,14-16,18H,2,6-9,11H2,1H3. The lowest BCUT2D eigenvalue weighted by molar-refractivity contribution is 0.182. The molecule has 2 aliphatic rings. The maximum Gasteiger partial charge on any atom is 0.0346 e. The Labute approximate surface area is 124 Å². The van der Waals surface area contributed by atoms with Crippen molar-refractivity contribution in [3.05, 3.63) is 34.3 Å². The summed E-state index contributed by atoms with van der Waals surface area (Å²) < 4.78 is 1.19. The van der Waals surface area contributed by atoms with E-state index in [-0.39, 0.29) is 0 Å². The predicted molar refractivity (Wildman–Crippen MR) is 83.3 cm³/mol. The quantitative estimate of drug-likeness (QED) is 0.912. The van der Waals surface area contributed by atoms with Crippen LogP contribution in [0.15, 0.2) is 28.7 Å². The predicted octanol–water partition coefficient (Wildman–Crippen LogP) is 3.73. The van der Waals surface area contributed by atoms with Gasteiger partial charge in [0.05, 0.1) is 0 Å². The molecule has 2 saturated heterocycles. The Hall–Kier alpha value is -0.380. The summed E-state index contributed by atoms with van der Waals surface area (Å²) in [5.74, 6) is 0. The van der Waals surface area contributed by atoms with Crippen LogP contribution >= 0.6 is 15.9 Å². The number of fused-ring (bicyclic) bond motifs is 2. The van der Waals surface area contributed by atoms with E-state index in [1.807, 2.05) is 0 Å². The molecule has 3 heteroatoms. The number of likely N-dealkylation sites (tertiary alicyclic amines) is 1. The van der Waals surface area contributed by atoms with Crippen molar-refractivity contribution in [1.82, 2.24) is 10.2 Å². The van der Waals surface area contributed by atoms with Crippen LogP contribution in [0.4, 0.5) is 0 Å². The van der Waals surface area contributed by atoms with Crippen LogP contribution in [-0.4, -0.2) is 30.1 Å². The van der Waals surface area contributed by atoms with E-state index in [0.717, 1.165) is 6.04 Å². The number of nitrogens with one attached hydrogen (secondary N) is 1. The van der Waals surface area contributed by atoms with Crippen LogP contribution in [0.25, 0.3) is 0 Å². The summed E-state index contributed by atoms with van der Waals surface area (Å²) in [7, 11) is 0. The SMILES string of the molecule is CCC(c1cccc(Br)c1)N1CCC2CCC(C1)N2. The molecule has 3 atom stereocenters. The van der Waals surface area contributed by atoms with E-state index in [1.54, 1.807) is 0 Å². The van der Waals surface area contributed by atoms with Gasteiger partial charge in [-0.1, -0.05) is 35.0 Å². The number of hydrogen-bond acceptors (Lipinski definition) is 2. The molecular weight excluding hydrogens is 300 g/mol. The summed E-state index contributed by atoms with van der Waals surface area (Å²) in [6.07, 6.45) is 5.23. The van der Waals surface area contributed by atoms with Crippen molar-refractivity contribution in [2.75, 3.05) is 13.1 Å². The van der Waals surface area contributed by atoms with Crippen LogP contribution in [0.2, 0.25) is 0 Å². The van der Waals surface area contributed by atoms with E-state index < -0.39 is 0 Å². The van der Waals surface area contributed by atoms with E-state index in [1.165, 1.54) is 48.8 Å². The highest BCUT2D eigenvalue weighted by Crippen LogP contribution is 2.30. The first-order valence-corrected chi connectivity index (χ1v) is 8.31. The topological polar surface area (TPSA) is 15.3 Å². The number of rotatable bonds is 3. The Morgan fingerprint density at radius 3 is 2.95 bits per heavy atom. The zero-order valence-corrected chi connectivity index (χ0v) is 13.2. The molecule has 2 nitrogen and oxygen atoms in total. The third-order valence-electron chi connectivity index (χ3n) is 4.62. The number of nitrogens with zero attached hydrogens (tertiary/aromatic N) is 1.